The third-order valence-electron chi connectivity index (χ3n) is 2.39. The minimum Gasteiger partial charge on any atom is -0.508 e. The number of benzene rings is 1. The van der Waals surface area contributed by atoms with Gasteiger partial charge in [0.1, 0.15) is 24.6 Å². The van der Waals surface area contributed by atoms with Gasteiger partial charge >= 0.3 is 0 Å². The van der Waals surface area contributed by atoms with Crippen LogP contribution >= 0.6 is 0 Å². The Morgan fingerprint density at radius 2 is 2.29 bits per heavy atom. The lowest BCUT2D eigenvalue weighted by molar-refractivity contribution is 0.0769. The molecular formula is C12H15N3O2. The highest BCUT2D eigenvalue weighted by atomic mass is 16.5. The van der Waals surface area contributed by atoms with Gasteiger partial charge in [0.25, 0.3) is 0 Å². The summed E-state index contributed by atoms with van der Waals surface area (Å²) in [6, 6.07) is 7.13. The number of phenols is 1. The summed E-state index contributed by atoms with van der Waals surface area (Å²) >= 11 is 0. The SMILES string of the molecule is CCOCn1ncnc1Cc1cccc(O)c1. The van der Waals surface area contributed by atoms with Crippen molar-refractivity contribution in [3.8, 4) is 5.75 Å². The lowest BCUT2D eigenvalue weighted by atomic mass is 10.1. The van der Waals surface area contributed by atoms with Crippen molar-refractivity contribution >= 4 is 0 Å². The molecule has 0 amide bonds. The normalized spacial score (nSPS) is 10.6. The summed E-state index contributed by atoms with van der Waals surface area (Å²) in [4.78, 5) is 4.18. The van der Waals surface area contributed by atoms with E-state index < -0.39 is 0 Å². The first-order chi connectivity index (χ1) is 8.29. The van der Waals surface area contributed by atoms with E-state index in [1.165, 1.54) is 6.33 Å². The zero-order chi connectivity index (χ0) is 12.1. The molecule has 1 aromatic carbocycles. The van der Waals surface area contributed by atoms with Gasteiger partial charge in [0, 0.05) is 13.0 Å². The van der Waals surface area contributed by atoms with Crippen LogP contribution in [0.3, 0.4) is 0 Å². The molecule has 0 spiro atoms. The van der Waals surface area contributed by atoms with Gasteiger partial charge in [-0.2, -0.15) is 5.10 Å². The first kappa shape index (κ1) is 11.6. The Labute approximate surface area is 99.7 Å². The number of nitrogens with zero attached hydrogens (tertiary/aromatic N) is 3. The molecule has 0 bridgehead atoms. The smallest absolute Gasteiger partial charge is 0.141 e. The molecule has 0 unspecified atom stereocenters. The van der Waals surface area contributed by atoms with Crippen LogP contribution in [0.5, 0.6) is 5.75 Å². The van der Waals surface area contributed by atoms with Crippen molar-refractivity contribution in [3.63, 3.8) is 0 Å². The molecule has 90 valence electrons. The standard InChI is InChI=1S/C12H15N3O2/c1-2-17-9-15-12(13-8-14-15)7-10-4-3-5-11(16)6-10/h3-6,8,16H,2,7,9H2,1H3. The van der Waals surface area contributed by atoms with Gasteiger partial charge in [0.15, 0.2) is 0 Å². The molecule has 0 aliphatic heterocycles. The fraction of sp³-hybridized carbons (Fsp3) is 0.333. The van der Waals surface area contributed by atoms with Crippen LogP contribution in [0.25, 0.3) is 0 Å². The fourth-order valence-corrected chi connectivity index (χ4v) is 1.56. The zero-order valence-electron chi connectivity index (χ0n) is 9.71. The van der Waals surface area contributed by atoms with E-state index in [-0.39, 0.29) is 5.75 Å². The molecular weight excluding hydrogens is 218 g/mol. The van der Waals surface area contributed by atoms with E-state index >= 15 is 0 Å². The predicted molar refractivity (Wildman–Crippen MR) is 62.6 cm³/mol. The number of hydrogen-bond donors (Lipinski definition) is 1. The van der Waals surface area contributed by atoms with Crippen LogP contribution in [0, 0.1) is 0 Å². The number of aromatic nitrogens is 3. The Kier molecular flexibility index (Phi) is 3.72. The van der Waals surface area contributed by atoms with Crippen molar-refractivity contribution in [2.45, 2.75) is 20.1 Å². The number of aromatic hydroxyl groups is 1. The molecule has 0 saturated heterocycles. The van der Waals surface area contributed by atoms with Gasteiger partial charge in [-0.3, -0.25) is 0 Å². The molecule has 0 aliphatic rings. The van der Waals surface area contributed by atoms with E-state index in [0.29, 0.717) is 19.8 Å². The van der Waals surface area contributed by atoms with E-state index in [0.717, 1.165) is 11.4 Å². The Hall–Kier alpha value is -1.88. The van der Waals surface area contributed by atoms with Crippen LogP contribution in [0.2, 0.25) is 0 Å². The molecule has 0 fully saturated rings. The van der Waals surface area contributed by atoms with E-state index in [1.807, 2.05) is 19.1 Å². The number of rotatable bonds is 5. The van der Waals surface area contributed by atoms with Crippen LogP contribution in [-0.4, -0.2) is 26.5 Å². The van der Waals surface area contributed by atoms with Crippen LogP contribution in [0.1, 0.15) is 18.3 Å². The first-order valence-corrected chi connectivity index (χ1v) is 5.52. The van der Waals surface area contributed by atoms with Gasteiger partial charge in [0.2, 0.25) is 0 Å². The highest BCUT2D eigenvalue weighted by molar-refractivity contribution is 5.28. The van der Waals surface area contributed by atoms with Gasteiger partial charge in [0.05, 0.1) is 0 Å². The molecule has 0 radical (unpaired) electrons. The van der Waals surface area contributed by atoms with E-state index in [1.54, 1.807) is 16.8 Å². The van der Waals surface area contributed by atoms with Gasteiger partial charge in [-0.15, -0.1) is 0 Å². The molecule has 1 aromatic heterocycles. The van der Waals surface area contributed by atoms with Crippen molar-refractivity contribution in [2.75, 3.05) is 6.61 Å². The molecule has 5 heteroatoms. The summed E-state index contributed by atoms with van der Waals surface area (Å²) in [6.07, 6.45) is 2.14. The minimum atomic E-state index is 0.262. The number of ether oxygens (including phenoxy) is 1. The summed E-state index contributed by atoms with van der Waals surface area (Å²) in [7, 11) is 0. The number of hydrogen-bond acceptors (Lipinski definition) is 4. The molecule has 1 N–H and O–H groups in total. The lowest BCUT2D eigenvalue weighted by Gasteiger charge is -2.06. The topological polar surface area (TPSA) is 60.2 Å². The monoisotopic (exact) mass is 233 g/mol. The Morgan fingerprint density at radius 1 is 1.41 bits per heavy atom. The molecule has 0 saturated carbocycles. The highest BCUT2D eigenvalue weighted by Gasteiger charge is 2.05. The quantitative estimate of drug-likeness (QED) is 0.851. The fourth-order valence-electron chi connectivity index (χ4n) is 1.56. The third-order valence-corrected chi connectivity index (χ3v) is 2.39. The minimum absolute atomic E-state index is 0.262. The predicted octanol–water partition coefficient (Wildman–Crippen LogP) is 1.57. The summed E-state index contributed by atoms with van der Waals surface area (Å²) in [5, 5.41) is 13.5. The van der Waals surface area contributed by atoms with Crippen LogP contribution < -0.4 is 0 Å². The molecule has 2 aromatic rings. The average Bonchev–Trinajstić information content (AvgIpc) is 2.74. The molecule has 2 rings (SSSR count). The van der Waals surface area contributed by atoms with E-state index in [2.05, 4.69) is 10.1 Å². The van der Waals surface area contributed by atoms with Crippen LogP contribution in [0.15, 0.2) is 30.6 Å². The molecule has 17 heavy (non-hydrogen) atoms. The van der Waals surface area contributed by atoms with Gasteiger partial charge in [-0.25, -0.2) is 9.67 Å². The second-order valence-corrected chi connectivity index (χ2v) is 3.64. The van der Waals surface area contributed by atoms with Crippen LogP contribution in [0.4, 0.5) is 0 Å². The summed E-state index contributed by atoms with van der Waals surface area (Å²) in [6.45, 7) is 2.99. The summed E-state index contributed by atoms with van der Waals surface area (Å²) in [5.41, 5.74) is 0.996. The molecule has 1 heterocycles. The second kappa shape index (κ2) is 5.45. The average molecular weight is 233 g/mol. The van der Waals surface area contributed by atoms with Crippen molar-refractivity contribution < 1.29 is 9.84 Å². The first-order valence-electron chi connectivity index (χ1n) is 5.52. The number of phenolic OH excluding ortho intramolecular Hbond substituents is 1. The Morgan fingerprint density at radius 3 is 3.06 bits per heavy atom. The van der Waals surface area contributed by atoms with Gasteiger partial charge < -0.3 is 9.84 Å². The van der Waals surface area contributed by atoms with Crippen molar-refractivity contribution in [1.82, 2.24) is 14.8 Å². The van der Waals surface area contributed by atoms with Crippen molar-refractivity contribution in [2.24, 2.45) is 0 Å². The lowest BCUT2D eigenvalue weighted by Crippen LogP contribution is -2.09. The Balaban J connectivity index is 2.10. The molecule has 0 atom stereocenters. The van der Waals surface area contributed by atoms with Gasteiger partial charge in [-0.05, 0) is 24.6 Å². The van der Waals surface area contributed by atoms with Crippen molar-refractivity contribution in [3.05, 3.63) is 42.0 Å². The maximum Gasteiger partial charge on any atom is 0.141 e. The molecule has 5 nitrogen and oxygen atoms in total. The van der Waals surface area contributed by atoms with Gasteiger partial charge in [-0.1, -0.05) is 12.1 Å². The third kappa shape index (κ3) is 3.04. The second-order valence-electron chi connectivity index (χ2n) is 3.64. The maximum absolute atomic E-state index is 9.38. The van der Waals surface area contributed by atoms with E-state index in [9.17, 15) is 5.11 Å². The van der Waals surface area contributed by atoms with Crippen molar-refractivity contribution in [1.29, 1.82) is 0 Å². The largest absolute Gasteiger partial charge is 0.508 e. The van der Waals surface area contributed by atoms with E-state index in [4.69, 9.17) is 4.74 Å². The summed E-state index contributed by atoms with van der Waals surface area (Å²) in [5.74, 6) is 1.09. The highest BCUT2D eigenvalue weighted by Crippen LogP contribution is 2.13. The Bertz CT molecular complexity index is 482. The summed E-state index contributed by atoms with van der Waals surface area (Å²) < 4.78 is 7.01. The zero-order valence-corrected chi connectivity index (χ0v) is 9.71. The maximum atomic E-state index is 9.38. The molecule has 0 aliphatic carbocycles. The van der Waals surface area contributed by atoms with Crippen LogP contribution in [-0.2, 0) is 17.9 Å².